The Kier molecular flexibility index (Phi) is 6.94. The lowest BCUT2D eigenvalue weighted by Crippen LogP contribution is -2.41. The largest absolute Gasteiger partial charge is 0.496 e. The van der Waals surface area contributed by atoms with Crippen LogP contribution >= 0.6 is 11.3 Å². The van der Waals surface area contributed by atoms with Crippen LogP contribution in [0.1, 0.15) is 41.0 Å². The van der Waals surface area contributed by atoms with Crippen molar-refractivity contribution < 1.29 is 17.9 Å². The predicted molar refractivity (Wildman–Crippen MR) is 114 cm³/mol. The zero-order chi connectivity index (χ0) is 21.0. The first-order valence-electron chi connectivity index (χ1n) is 9.56. The van der Waals surface area contributed by atoms with E-state index in [0.29, 0.717) is 12.3 Å². The molecule has 29 heavy (non-hydrogen) atoms. The number of sulfonamides is 1. The van der Waals surface area contributed by atoms with Gasteiger partial charge in [-0.05, 0) is 61.5 Å². The number of rotatable bonds is 7. The Labute approximate surface area is 175 Å². The highest BCUT2D eigenvalue weighted by molar-refractivity contribution is 7.89. The Balaban J connectivity index is 1.78. The molecule has 9 heteroatoms. The molecule has 0 bridgehead atoms. The monoisotopic (exact) mass is 437 g/mol. The first kappa shape index (κ1) is 21.8. The molecule has 1 aromatic carbocycles. The zero-order valence-electron chi connectivity index (χ0n) is 16.6. The predicted octanol–water partition coefficient (Wildman–Crippen LogP) is 2.61. The van der Waals surface area contributed by atoms with Crippen LogP contribution in [0.4, 0.5) is 0 Å². The topological polar surface area (TPSA) is 102 Å². The molecule has 1 aliphatic heterocycles. The van der Waals surface area contributed by atoms with Crippen molar-refractivity contribution in [2.75, 3.05) is 26.7 Å². The fourth-order valence-electron chi connectivity index (χ4n) is 3.56. The maximum absolute atomic E-state index is 12.9. The van der Waals surface area contributed by atoms with E-state index in [-0.39, 0.29) is 22.4 Å². The Morgan fingerprint density at radius 3 is 2.66 bits per heavy atom. The smallest absolute Gasteiger partial charge is 0.255 e. The maximum atomic E-state index is 12.9. The number of benzene rings is 1. The molecule has 2 heterocycles. The summed E-state index contributed by atoms with van der Waals surface area (Å²) in [6, 6.07) is 8.21. The van der Waals surface area contributed by atoms with Crippen molar-refractivity contribution in [2.45, 2.75) is 30.7 Å². The number of hydrogen-bond donors (Lipinski definition) is 2. The Morgan fingerprint density at radius 2 is 2.07 bits per heavy atom. The van der Waals surface area contributed by atoms with E-state index in [1.165, 1.54) is 30.2 Å². The van der Waals surface area contributed by atoms with E-state index in [1.807, 2.05) is 11.4 Å². The molecule has 0 spiro atoms. The number of piperidine rings is 1. The van der Waals surface area contributed by atoms with E-state index in [4.69, 9.17) is 9.88 Å². The van der Waals surface area contributed by atoms with Crippen LogP contribution in [-0.2, 0) is 10.0 Å². The Hall–Kier alpha value is -1.94. The van der Waals surface area contributed by atoms with Crippen molar-refractivity contribution in [3.8, 4) is 5.75 Å². The van der Waals surface area contributed by atoms with Crippen molar-refractivity contribution in [2.24, 2.45) is 11.1 Å². The number of ether oxygens (including phenoxy) is 1. The number of hydrogen-bond acceptors (Lipinski definition) is 6. The van der Waals surface area contributed by atoms with Crippen LogP contribution in [0.5, 0.6) is 5.75 Å². The average Bonchev–Trinajstić information content (AvgIpc) is 3.22. The lowest BCUT2D eigenvalue weighted by molar-refractivity contribution is 0.0912. The van der Waals surface area contributed by atoms with Crippen molar-refractivity contribution >= 4 is 27.3 Å². The number of carbonyl (C=O) groups is 1. The summed E-state index contributed by atoms with van der Waals surface area (Å²) in [7, 11) is -2.48. The van der Waals surface area contributed by atoms with Gasteiger partial charge in [-0.15, -0.1) is 11.3 Å². The molecule has 1 amide bonds. The van der Waals surface area contributed by atoms with Crippen molar-refractivity contribution in [1.82, 2.24) is 10.2 Å². The van der Waals surface area contributed by atoms with E-state index < -0.39 is 10.0 Å². The lowest BCUT2D eigenvalue weighted by atomic mass is 9.97. The number of methoxy groups -OCH3 is 1. The van der Waals surface area contributed by atoms with Gasteiger partial charge in [0, 0.05) is 11.4 Å². The third kappa shape index (κ3) is 5.36. The highest BCUT2D eigenvalue weighted by Crippen LogP contribution is 2.29. The molecule has 158 valence electrons. The second-order valence-electron chi connectivity index (χ2n) is 7.37. The van der Waals surface area contributed by atoms with Crippen molar-refractivity contribution in [1.29, 1.82) is 0 Å². The van der Waals surface area contributed by atoms with Crippen molar-refractivity contribution in [3.05, 3.63) is 46.2 Å². The third-order valence-electron chi connectivity index (χ3n) is 5.33. The SMILES string of the molecule is COc1ccc(S(N)(=O)=O)cc1C(=O)NCC(c1cccs1)N1CCC(C)CC1. The molecule has 1 atom stereocenters. The van der Waals surface area contributed by atoms with Gasteiger partial charge in [-0.3, -0.25) is 9.69 Å². The number of thiophene rings is 1. The minimum atomic E-state index is -3.92. The highest BCUT2D eigenvalue weighted by atomic mass is 32.2. The molecule has 0 aliphatic carbocycles. The van der Waals surface area contributed by atoms with E-state index in [0.717, 1.165) is 31.8 Å². The Morgan fingerprint density at radius 1 is 1.34 bits per heavy atom. The normalized spacial score (nSPS) is 17.1. The van der Waals surface area contributed by atoms with Gasteiger partial charge in [0.05, 0.1) is 23.6 Å². The molecule has 0 saturated carbocycles. The van der Waals surface area contributed by atoms with Crippen LogP contribution in [0.25, 0.3) is 0 Å². The van der Waals surface area contributed by atoms with Gasteiger partial charge in [-0.25, -0.2) is 13.6 Å². The van der Waals surface area contributed by atoms with E-state index in [2.05, 4.69) is 23.2 Å². The van der Waals surface area contributed by atoms with Crippen molar-refractivity contribution in [3.63, 3.8) is 0 Å². The van der Waals surface area contributed by atoms with E-state index >= 15 is 0 Å². The number of nitrogens with two attached hydrogens (primary N) is 1. The standard InChI is InChI=1S/C20H27N3O4S2/c1-14-7-9-23(10-8-14)17(19-4-3-11-28-19)13-22-20(24)16-12-15(29(21,25)26)5-6-18(16)27-2/h3-6,11-12,14,17H,7-10,13H2,1-2H3,(H,22,24)(H2,21,25,26). The molecule has 1 aliphatic rings. The highest BCUT2D eigenvalue weighted by Gasteiger charge is 2.26. The summed E-state index contributed by atoms with van der Waals surface area (Å²) < 4.78 is 28.6. The molecule has 3 N–H and O–H groups in total. The number of primary sulfonamides is 1. The summed E-state index contributed by atoms with van der Waals surface area (Å²) in [4.78, 5) is 16.4. The maximum Gasteiger partial charge on any atom is 0.255 e. The summed E-state index contributed by atoms with van der Waals surface area (Å²) in [5, 5.41) is 10.2. The minimum absolute atomic E-state index is 0.0823. The second kappa shape index (κ2) is 9.25. The molecule has 2 aromatic rings. The van der Waals surface area contributed by atoms with Gasteiger partial charge in [-0.1, -0.05) is 13.0 Å². The van der Waals surface area contributed by atoms with Crippen LogP contribution in [0, 0.1) is 5.92 Å². The van der Waals surface area contributed by atoms with Gasteiger partial charge in [0.1, 0.15) is 5.75 Å². The molecular weight excluding hydrogens is 410 g/mol. The molecule has 0 radical (unpaired) electrons. The number of carbonyl (C=O) groups excluding carboxylic acids is 1. The Bertz CT molecular complexity index is 937. The number of likely N-dealkylation sites (tertiary alicyclic amines) is 1. The van der Waals surface area contributed by atoms with Crippen LogP contribution in [0.15, 0.2) is 40.6 Å². The van der Waals surface area contributed by atoms with E-state index in [1.54, 1.807) is 11.3 Å². The number of nitrogens with zero attached hydrogens (tertiary/aromatic N) is 1. The number of nitrogens with one attached hydrogen (secondary N) is 1. The fourth-order valence-corrected chi connectivity index (χ4v) is 4.96. The van der Waals surface area contributed by atoms with Gasteiger partial charge < -0.3 is 10.1 Å². The molecule has 1 aromatic heterocycles. The third-order valence-corrected chi connectivity index (χ3v) is 7.22. The molecule has 1 unspecified atom stereocenters. The summed E-state index contributed by atoms with van der Waals surface area (Å²) in [5.41, 5.74) is 0.149. The van der Waals surface area contributed by atoms with Crippen LogP contribution < -0.4 is 15.2 Å². The summed E-state index contributed by atoms with van der Waals surface area (Å²) >= 11 is 1.67. The first-order valence-corrected chi connectivity index (χ1v) is 12.0. The lowest BCUT2D eigenvalue weighted by Gasteiger charge is -2.36. The molecule has 3 rings (SSSR count). The minimum Gasteiger partial charge on any atom is -0.496 e. The average molecular weight is 438 g/mol. The summed E-state index contributed by atoms with van der Waals surface area (Å²) in [6.07, 6.45) is 2.28. The van der Waals surface area contributed by atoms with Crippen LogP contribution in [-0.4, -0.2) is 46.0 Å². The molecule has 1 saturated heterocycles. The molecule has 1 fully saturated rings. The quantitative estimate of drug-likeness (QED) is 0.693. The van der Waals surface area contributed by atoms with Gasteiger partial charge in [0.2, 0.25) is 10.0 Å². The second-order valence-corrected chi connectivity index (χ2v) is 9.91. The van der Waals surface area contributed by atoms with Gasteiger partial charge in [-0.2, -0.15) is 0 Å². The van der Waals surface area contributed by atoms with Gasteiger partial charge >= 0.3 is 0 Å². The molecular formula is C20H27N3O4S2. The molecule has 7 nitrogen and oxygen atoms in total. The zero-order valence-corrected chi connectivity index (χ0v) is 18.3. The van der Waals surface area contributed by atoms with Gasteiger partial charge in [0.15, 0.2) is 0 Å². The van der Waals surface area contributed by atoms with Crippen LogP contribution in [0.2, 0.25) is 0 Å². The van der Waals surface area contributed by atoms with Crippen LogP contribution in [0.3, 0.4) is 0 Å². The van der Waals surface area contributed by atoms with Gasteiger partial charge in [0.25, 0.3) is 5.91 Å². The first-order chi connectivity index (χ1) is 13.8. The fraction of sp³-hybridized carbons (Fsp3) is 0.450. The summed E-state index contributed by atoms with van der Waals surface area (Å²) in [6.45, 7) is 4.67. The number of amides is 1. The van der Waals surface area contributed by atoms with E-state index in [9.17, 15) is 13.2 Å². The summed E-state index contributed by atoms with van der Waals surface area (Å²) in [5.74, 6) is 0.628.